The Kier molecular flexibility index (Phi) is 6.82. The summed E-state index contributed by atoms with van der Waals surface area (Å²) in [6.45, 7) is 2.05. The number of carbonyl (C=O) groups is 1. The van der Waals surface area contributed by atoms with Gasteiger partial charge >= 0.3 is 0 Å². The van der Waals surface area contributed by atoms with Gasteiger partial charge in [0, 0.05) is 17.5 Å². The highest BCUT2D eigenvalue weighted by molar-refractivity contribution is 7.09. The van der Waals surface area contributed by atoms with E-state index < -0.39 is 17.7 Å². The zero-order chi connectivity index (χ0) is 21.0. The molecule has 1 amide bonds. The van der Waals surface area contributed by atoms with Crippen LogP contribution in [0.1, 0.15) is 29.2 Å². The first-order valence-corrected chi connectivity index (χ1v) is 10.1. The van der Waals surface area contributed by atoms with E-state index in [0.717, 1.165) is 17.1 Å². The van der Waals surface area contributed by atoms with Gasteiger partial charge in [-0.05, 0) is 48.9 Å². The van der Waals surface area contributed by atoms with E-state index in [9.17, 15) is 13.6 Å². The van der Waals surface area contributed by atoms with Gasteiger partial charge in [0.2, 0.25) is 5.91 Å². The number of likely N-dealkylation sites (N-methyl/N-ethyl adjacent to an activating group) is 1. The summed E-state index contributed by atoms with van der Waals surface area (Å²) in [4.78, 5) is 18.5. The number of thiazole rings is 1. The van der Waals surface area contributed by atoms with Crippen molar-refractivity contribution in [3.05, 3.63) is 80.8 Å². The Balaban J connectivity index is 1.57. The molecule has 1 atom stereocenters. The molecular weight excluding hydrogens is 418 g/mol. The Bertz CT molecular complexity index is 995. The van der Waals surface area contributed by atoms with Gasteiger partial charge in [0.15, 0.2) is 11.6 Å². The molecule has 0 bridgehead atoms. The number of hydrogen-bond acceptors (Lipinski definition) is 4. The summed E-state index contributed by atoms with van der Waals surface area (Å²) in [5.74, 6) is -1.33. The Morgan fingerprint density at radius 2 is 1.93 bits per heavy atom. The second-order valence-electron chi connectivity index (χ2n) is 6.51. The maximum atomic E-state index is 13.5. The van der Waals surface area contributed by atoms with Crippen LogP contribution in [0.2, 0.25) is 5.02 Å². The highest BCUT2D eigenvalue weighted by Crippen LogP contribution is 2.22. The zero-order valence-electron chi connectivity index (χ0n) is 15.9. The molecule has 0 saturated carbocycles. The molecule has 4 nitrogen and oxygen atoms in total. The summed E-state index contributed by atoms with van der Waals surface area (Å²) in [5.41, 5.74) is 1.16. The summed E-state index contributed by atoms with van der Waals surface area (Å²) >= 11 is 7.25. The van der Waals surface area contributed by atoms with Crippen LogP contribution in [-0.4, -0.2) is 22.8 Å². The Morgan fingerprint density at radius 1 is 1.21 bits per heavy atom. The van der Waals surface area contributed by atoms with Gasteiger partial charge in [-0.1, -0.05) is 17.7 Å². The Labute approximate surface area is 176 Å². The molecule has 0 unspecified atom stereocenters. The van der Waals surface area contributed by atoms with Crippen molar-refractivity contribution in [1.29, 1.82) is 0 Å². The standard InChI is InChI=1S/C21H19ClF2N2O2S/c1-13(14-3-8-18(23)19(24)9-14)26(2)21(27)10-16-12-29-20(25-16)11-28-17-6-4-15(22)5-7-17/h3-9,12-13H,10-11H2,1-2H3/t13-/m1/s1. The molecular formula is C21H19ClF2N2O2S. The first-order chi connectivity index (χ1) is 13.8. The molecule has 1 heterocycles. The summed E-state index contributed by atoms with van der Waals surface area (Å²) in [6, 6.07) is 10.3. The van der Waals surface area contributed by atoms with Crippen molar-refractivity contribution in [1.82, 2.24) is 9.88 Å². The predicted octanol–water partition coefficient (Wildman–Crippen LogP) is 5.42. The number of rotatable bonds is 7. The van der Waals surface area contributed by atoms with E-state index in [1.807, 2.05) is 5.38 Å². The molecule has 0 aliphatic carbocycles. The normalized spacial score (nSPS) is 11.9. The van der Waals surface area contributed by atoms with E-state index in [2.05, 4.69) is 4.98 Å². The number of nitrogens with zero attached hydrogens (tertiary/aromatic N) is 2. The highest BCUT2D eigenvalue weighted by atomic mass is 35.5. The largest absolute Gasteiger partial charge is 0.486 e. The van der Waals surface area contributed by atoms with E-state index in [1.54, 1.807) is 38.2 Å². The molecule has 0 N–H and O–H groups in total. The average Bonchev–Trinajstić information content (AvgIpc) is 3.15. The zero-order valence-corrected chi connectivity index (χ0v) is 17.4. The SMILES string of the molecule is C[C@H](c1ccc(F)c(F)c1)N(C)C(=O)Cc1csc(COc2ccc(Cl)cc2)n1. The van der Waals surface area contributed by atoms with E-state index in [4.69, 9.17) is 16.3 Å². The summed E-state index contributed by atoms with van der Waals surface area (Å²) < 4.78 is 32.2. The van der Waals surface area contributed by atoms with Gasteiger partial charge in [-0.25, -0.2) is 13.8 Å². The lowest BCUT2D eigenvalue weighted by Crippen LogP contribution is -2.31. The third kappa shape index (κ3) is 5.52. The molecule has 3 aromatic rings. The summed E-state index contributed by atoms with van der Waals surface area (Å²) in [6.07, 6.45) is 0.113. The molecule has 0 aliphatic heterocycles. The van der Waals surface area contributed by atoms with Crippen molar-refractivity contribution in [3.8, 4) is 5.75 Å². The van der Waals surface area contributed by atoms with Crippen molar-refractivity contribution in [2.45, 2.75) is 26.0 Å². The first kappa shape index (κ1) is 21.2. The van der Waals surface area contributed by atoms with Crippen LogP contribution < -0.4 is 4.74 Å². The predicted molar refractivity (Wildman–Crippen MR) is 109 cm³/mol. The van der Waals surface area contributed by atoms with E-state index >= 15 is 0 Å². The topological polar surface area (TPSA) is 42.4 Å². The fourth-order valence-corrected chi connectivity index (χ4v) is 3.49. The molecule has 0 fully saturated rings. The number of aromatic nitrogens is 1. The minimum absolute atomic E-state index is 0.113. The van der Waals surface area contributed by atoms with Gasteiger partial charge in [-0.15, -0.1) is 11.3 Å². The van der Waals surface area contributed by atoms with Gasteiger partial charge in [-0.3, -0.25) is 4.79 Å². The molecule has 2 aromatic carbocycles. The fourth-order valence-electron chi connectivity index (χ4n) is 2.66. The first-order valence-electron chi connectivity index (χ1n) is 8.85. The third-order valence-electron chi connectivity index (χ3n) is 4.51. The monoisotopic (exact) mass is 436 g/mol. The van der Waals surface area contributed by atoms with E-state index in [0.29, 0.717) is 28.6 Å². The minimum Gasteiger partial charge on any atom is -0.486 e. The summed E-state index contributed by atoms with van der Waals surface area (Å²) in [7, 11) is 1.63. The second-order valence-corrected chi connectivity index (χ2v) is 7.89. The second kappa shape index (κ2) is 9.33. The lowest BCUT2D eigenvalue weighted by atomic mass is 10.1. The van der Waals surface area contributed by atoms with Crippen LogP contribution in [0.4, 0.5) is 8.78 Å². The lowest BCUT2D eigenvalue weighted by molar-refractivity contribution is -0.131. The Hall–Kier alpha value is -2.51. The number of amides is 1. The van der Waals surface area contributed by atoms with Gasteiger partial charge in [0.05, 0.1) is 18.2 Å². The molecule has 0 aliphatic rings. The maximum absolute atomic E-state index is 13.5. The number of ether oxygens (including phenoxy) is 1. The number of benzene rings is 2. The van der Waals surface area contributed by atoms with Crippen LogP contribution >= 0.6 is 22.9 Å². The van der Waals surface area contributed by atoms with Crippen LogP contribution in [0.25, 0.3) is 0 Å². The average molecular weight is 437 g/mol. The van der Waals surface area contributed by atoms with Crippen molar-refractivity contribution >= 4 is 28.8 Å². The number of halogens is 3. The number of carbonyl (C=O) groups excluding carboxylic acids is 1. The third-order valence-corrected chi connectivity index (χ3v) is 5.63. The van der Waals surface area contributed by atoms with Gasteiger partial charge in [-0.2, -0.15) is 0 Å². The lowest BCUT2D eigenvalue weighted by Gasteiger charge is -2.25. The van der Waals surface area contributed by atoms with Gasteiger partial charge < -0.3 is 9.64 Å². The molecule has 8 heteroatoms. The van der Waals surface area contributed by atoms with Crippen LogP contribution in [0.5, 0.6) is 5.75 Å². The molecule has 1 aromatic heterocycles. The van der Waals surface area contributed by atoms with Gasteiger partial charge in [0.25, 0.3) is 0 Å². The Morgan fingerprint density at radius 3 is 2.62 bits per heavy atom. The molecule has 152 valence electrons. The molecule has 3 rings (SSSR count). The molecule has 0 radical (unpaired) electrons. The van der Waals surface area contributed by atoms with E-state index in [1.165, 1.54) is 22.3 Å². The van der Waals surface area contributed by atoms with Crippen molar-refractivity contribution < 1.29 is 18.3 Å². The van der Waals surface area contributed by atoms with Crippen molar-refractivity contribution in [2.75, 3.05) is 7.05 Å². The van der Waals surface area contributed by atoms with Crippen LogP contribution in [0.15, 0.2) is 47.8 Å². The molecule has 0 spiro atoms. The van der Waals surface area contributed by atoms with E-state index in [-0.39, 0.29) is 12.3 Å². The number of hydrogen-bond donors (Lipinski definition) is 0. The smallest absolute Gasteiger partial charge is 0.228 e. The fraction of sp³-hybridized carbons (Fsp3) is 0.238. The van der Waals surface area contributed by atoms with Crippen LogP contribution in [0.3, 0.4) is 0 Å². The van der Waals surface area contributed by atoms with Crippen molar-refractivity contribution in [3.63, 3.8) is 0 Å². The van der Waals surface area contributed by atoms with Crippen LogP contribution in [0, 0.1) is 11.6 Å². The van der Waals surface area contributed by atoms with Crippen molar-refractivity contribution in [2.24, 2.45) is 0 Å². The quantitative estimate of drug-likeness (QED) is 0.497. The van der Waals surface area contributed by atoms with Gasteiger partial charge in [0.1, 0.15) is 17.4 Å². The molecule has 0 saturated heterocycles. The minimum atomic E-state index is -0.931. The maximum Gasteiger partial charge on any atom is 0.228 e. The summed E-state index contributed by atoms with van der Waals surface area (Å²) in [5, 5.41) is 3.20. The van der Waals surface area contributed by atoms with Crippen LogP contribution in [-0.2, 0) is 17.8 Å². The molecule has 29 heavy (non-hydrogen) atoms. The highest BCUT2D eigenvalue weighted by Gasteiger charge is 2.20.